The Bertz CT molecular complexity index is 464. The molecule has 104 valence electrons. The number of hydrogen-bond acceptors (Lipinski definition) is 3. The molecular weight excluding hydrogens is 238 g/mol. The third-order valence-corrected chi connectivity index (χ3v) is 4.92. The standard InChI is InChI=1S/C15H23N3O/c1-10(14-7-8-15(19)18-17-14)16-13-6-5-11-3-2-4-12(11)9-13/h7-8,10-13,16H,2-6,9H2,1H3,(H,18,19). The van der Waals surface area contributed by atoms with Gasteiger partial charge in [-0.25, -0.2) is 5.10 Å². The van der Waals surface area contributed by atoms with Gasteiger partial charge in [-0.05, 0) is 44.1 Å². The molecule has 4 unspecified atom stereocenters. The molecule has 0 spiro atoms. The molecule has 2 saturated carbocycles. The molecule has 0 radical (unpaired) electrons. The molecule has 1 heterocycles. The average Bonchev–Trinajstić information content (AvgIpc) is 2.87. The van der Waals surface area contributed by atoms with Crippen molar-refractivity contribution >= 4 is 0 Å². The molecule has 4 atom stereocenters. The zero-order valence-electron chi connectivity index (χ0n) is 11.6. The molecule has 2 aliphatic rings. The van der Waals surface area contributed by atoms with Crippen LogP contribution in [0.15, 0.2) is 16.9 Å². The van der Waals surface area contributed by atoms with Crippen molar-refractivity contribution in [3.8, 4) is 0 Å². The van der Waals surface area contributed by atoms with E-state index in [1.54, 1.807) is 6.07 Å². The molecule has 3 rings (SSSR count). The fourth-order valence-electron chi connectivity index (χ4n) is 3.89. The number of aromatic amines is 1. The lowest BCUT2D eigenvalue weighted by molar-refractivity contribution is 0.216. The first kappa shape index (κ1) is 12.9. The van der Waals surface area contributed by atoms with E-state index in [0.717, 1.165) is 17.5 Å². The third-order valence-electron chi connectivity index (χ3n) is 4.92. The molecule has 1 aromatic rings. The van der Waals surface area contributed by atoms with Gasteiger partial charge in [-0.1, -0.05) is 19.3 Å². The highest BCUT2D eigenvalue weighted by atomic mass is 16.1. The minimum Gasteiger partial charge on any atom is -0.306 e. The first-order valence-electron chi connectivity index (χ1n) is 7.54. The zero-order chi connectivity index (χ0) is 13.2. The summed E-state index contributed by atoms with van der Waals surface area (Å²) in [6.45, 7) is 2.13. The number of aromatic nitrogens is 2. The summed E-state index contributed by atoms with van der Waals surface area (Å²) < 4.78 is 0. The molecule has 2 fully saturated rings. The van der Waals surface area contributed by atoms with Gasteiger partial charge >= 0.3 is 0 Å². The lowest BCUT2D eigenvalue weighted by atomic mass is 9.79. The predicted molar refractivity (Wildman–Crippen MR) is 74.9 cm³/mol. The Morgan fingerprint density at radius 1 is 1.26 bits per heavy atom. The normalized spacial score (nSPS) is 31.9. The Morgan fingerprint density at radius 2 is 2.11 bits per heavy atom. The highest BCUT2D eigenvalue weighted by Gasteiger charge is 2.34. The maximum absolute atomic E-state index is 11.0. The Labute approximate surface area is 114 Å². The van der Waals surface area contributed by atoms with Crippen LogP contribution < -0.4 is 10.9 Å². The summed E-state index contributed by atoms with van der Waals surface area (Å²) in [6, 6.07) is 4.19. The smallest absolute Gasteiger partial charge is 0.264 e. The molecule has 0 bridgehead atoms. The summed E-state index contributed by atoms with van der Waals surface area (Å²) in [5.41, 5.74) is 0.788. The number of nitrogens with zero attached hydrogens (tertiary/aromatic N) is 1. The Kier molecular flexibility index (Phi) is 3.69. The van der Waals surface area contributed by atoms with E-state index in [2.05, 4.69) is 22.4 Å². The molecule has 19 heavy (non-hydrogen) atoms. The summed E-state index contributed by atoms with van der Waals surface area (Å²) in [6.07, 6.45) is 8.29. The predicted octanol–water partition coefficient (Wildman–Crippen LogP) is 2.39. The molecule has 0 saturated heterocycles. The Balaban J connectivity index is 1.59. The van der Waals surface area contributed by atoms with E-state index in [1.165, 1.54) is 38.5 Å². The van der Waals surface area contributed by atoms with Crippen LogP contribution in [0.5, 0.6) is 0 Å². The van der Waals surface area contributed by atoms with Crippen molar-refractivity contribution in [1.82, 2.24) is 15.5 Å². The van der Waals surface area contributed by atoms with Crippen molar-refractivity contribution in [1.29, 1.82) is 0 Å². The highest BCUT2D eigenvalue weighted by Crippen LogP contribution is 2.42. The summed E-state index contributed by atoms with van der Waals surface area (Å²) in [4.78, 5) is 11.0. The van der Waals surface area contributed by atoms with Gasteiger partial charge in [0.1, 0.15) is 0 Å². The van der Waals surface area contributed by atoms with Crippen molar-refractivity contribution in [2.75, 3.05) is 0 Å². The van der Waals surface area contributed by atoms with Crippen LogP contribution in [0.2, 0.25) is 0 Å². The number of hydrogen-bond donors (Lipinski definition) is 2. The monoisotopic (exact) mass is 261 g/mol. The lowest BCUT2D eigenvalue weighted by Gasteiger charge is -2.34. The summed E-state index contributed by atoms with van der Waals surface area (Å²) in [5.74, 6) is 1.95. The van der Waals surface area contributed by atoms with E-state index in [1.807, 2.05) is 6.07 Å². The van der Waals surface area contributed by atoms with Crippen LogP contribution in [0.1, 0.15) is 57.2 Å². The zero-order valence-corrected chi connectivity index (χ0v) is 11.6. The van der Waals surface area contributed by atoms with E-state index in [-0.39, 0.29) is 11.6 Å². The van der Waals surface area contributed by atoms with Crippen LogP contribution in [0, 0.1) is 11.8 Å². The van der Waals surface area contributed by atoms with Crippen molar-refractivity contribution in [3.05, 3.63) is 28.2 Å². The minimum atomic E-state index is -0.137. The fourth-order valence-corrected chi connectivity index (χ4v) is 3.89. The lowest BCUT2D eigenvalue weighted by Crippen LogP contribution is -2.38. The summed E-state index contributed by atoms with van der Waals surface area (Å²) in [5, 5.41) is 10.3. The SMILES string of the molecule is CC(NC1CCC2CCCC2C1)c1ccc(=O)[nH]n1. The van der Waals surface area contributed by atoms with E-state index < -0.39 is 0 Å². The second-order valence-corrected chi connectivity index (χ2v) is 6.20. The number of H-pyrrole nitrogens is 1. The van der Waals surface area contributed by atoms with E-state index >= 15 is 0 Å². The van der Waals surface area contributed by atoms with Gasteiger partial charge in [0.05, 0.1) is 5.69 Å². The van der Waals surface area contributed by atoms with Crippen LogP contribution in [0.4, 0.5) is 0 Å². The highest BCUT2D eigenvalue weighted by molar-refractivity contribution is 5.05. The van der Waals surface area contributed by atoms with Gasteiger partial charge in [0.15, 0.2) is 0 Å². The van der Waals surface area contributed by atoms with E-state index in [9.17, 15) is 4.79 Å². The second-order valence-electron chi connectivity index (χ2n) is 6.20. The van der Waals surface area contributed by atoms with Gasteiger partial charge in [-0.2, -0.15) is 5.10 Å². The second kappa shape index (κ2) is 5.45. The molecular formula is C15H23N3O. The molecule has 0 aromatic carbocycles. The van der Waals surface area contributed by atoms with Crippen molar-refractivity contribution in [3.63, 3.8) is 0 Å². The van der Waals surface area contributed by atoms with Gasteiger partial charge in [0, 0.05) is 18.2 Å². The van der Waals surface area contributed by atoms with Gasteiger partial charge in [0.2, 0.25) is 0 Å². The molecule has 0 amide bonds. The van der Waals surface area contributed by atoms with Crippen LogP contribution in [-0.4, -0.2) is 16.2 Å². The van der Waals surface area contributed by atoms with Gasteiger partial charge in [-0.15, -0.1) is 0 Å². The van der Waals surface area contributed by atoms with Crippen molar-refractivity contribution in [2.24, 2.45) is 11.8 Å². The molecule has 1 aromatic heterocycles. The molecule has 2 N–H and O–H groups in total. The van der Waals surface area contributed by atoms with Crippen LogP contribution in [0.25, 0.3) is 0 Å². The van der Waals surface area contributed by atoms with Crippen molar-refractivity contribution < 1.29 is 0 Å². The van der Waals surface area contributed by atoms with E-state index in [0.29, 0.717) is 6.04 Å². The molecule has 0 aliphatic heterocycles. The number of nitrogens with one attached hydrogen (secondary N) is 2. The summed E-state index contributed by atoms with van der Waals surface area (Å²) in [7, 11) is 0. The van der Waals surface area contributed by atoms with Crippen LogP contribution >= 0.6 is 0 Å². The van der Waals surface area contributed by atoms with Gasteiger partial charge in [-0.3, -0.25) is 4.79 Å². The Morgan fingerprint density at radius 3 is 2.89 bits per heavy atom. The molecule has 4 nitrogen and oxygen atoms in total. The fraction of sp³-hybridized carbons (Fsp3) is 0.733. The van der Waals surface area contributed by atoms with Gasteiger partial charge < -0.3 is 5.32 Å². The molecule has 4 heteroatoms. The van der Waals surface area contributed by atoms with Crippen LogP contribution in [0.3, 0.4) is 0 Å². The quantitative estimate of drug-likeness (QED) is 0.878. The minimum absolute atomic E-state index is 0.137. The van der Waals surface area contributed by atoms with Crippen LogP contribution in [-0.2, 0) is 0 Å². The first-order chi connectivity index (χ1) is 9.22. The number of rotatable bonds is 3. The van der Waals surface area contributed by atoms with Gasteiger partial charge in [0.25, 0.3) is 5.56 Å². The van der Waals surface area contributed by atoms with E-state index in [4.69, 9.17) is 0 Å². The third kappa shape index (κ3) is 2.89. The molecule has 2 aliphatic carbocycles. The largest absolute Gasteiger partial charge is 0.306 e. The first-order valence-corrected chi connectivity index (χ1v) is 7.54. The Hall–Kier alpha value is -1.16. The number of fused-ring (bicyclic) bond motifs is 1. The maximum atomic E-state index is 11.0. The topological polar surface area (TPSA) is 57.8 Å². The summed E-state index contributed by atoms with van der Waals surface area (Å²) >= 11 is 0. The van der Waals surface area contributed by atoms with Crippen molar-refractivity contribution in [2.45, 2.75) is 57.5 Å². The average molecular weight is 261 g/mol. The maximum Gasteiger partial charge on any atom is 0.264 e.